The van der Waals surface area contributed by atoms with Gasteiger partial charge in [-0.15, -0.1) is 0 Å². The Morgan fingerprint density at radius 2 is 2.29 bits per heavy atom. The monoisotopic (exact) mass is 193 g/mol. The standard InChI is InChI=1S/C10H15N3O/c1-7(10-6-11-2-3-12-10)13-8-4-9(14)5-8/h2-3,6-9,13-14H,4-5H2,1H3. The summed E-state index contributed by atoms with van der Waals surface area (Å²) in [5.74, 6) is 0. The summed E-state index contributed by atoms with van der Waals surface area (Å²) in [7, 11) is 0. The summed E-state index contributed by atoms with van der Waals surface area (Å²) < 4.78 is 0. The minimum absolute atomic E-state index is 0.110. The first kappa shape index (κ1) is 9.55. The van der Waals surface area contributed by atoms with Gasteiger partial charge in [0.05, 0.1) is 11.8 Å². The molecule has 4 heteroatoms. The maximum atomic E-state index is 9.13. The summed E-state index contributed by atoms with van der Waals surface area (Å²) in [5, 5.41) is 12.5. The molecule has 0 aromatic carbocycles. The Labute approximate surface area is 83.4 Å². The Bertz CT molecular complexity index is 285. The lowest BCUT2D eigenvalue weighted by atomic mass is 9.89. The molecule has 0 aliphatic heterocycles. The summed E-state index contributed by atoms with van der Waals surface area (Å²) in [6.45, 7) is 2.06. The van der Waals surface area contributed by atoms with Gasteiger partial charge in [-0.2, -0.15) is 0 Å². The van der Waals surface area contributed by atoms with E-state index >= 15 is 0 Å². The van der Waals surface area contributed by atoms with E-state index in [4.69, 9.17) is 5.11 Å². The van der Waals surface area contributed by atoms with Gasteiger partial charge >= 0.3 is 0 Å². The smallest absolute Gasteiger partial charge is 0.0753 e. The predicted molar refractivity (Wildman–Crippen MR) is 52.6 cm³/mol. The molecule has 1 heterocycles. The van der Waals surface area contributed by atoms with E-state index in [0.29, 0.717) is 6.04 Å². The van der Waals surface area contributed by atoms with Crippen molar-refractivity contribution in [3.63, 3.8) is 0 Å². The lowest BCUT2D eigenvalue weighted by Crippen LogP contribution is -2.45. The Morgan fingerprint density at radius 3 is 2.86 bits per heavy atom. The lowest BCUT2D eigenvalue weighted by molar-refractivity contribution is 0.0583. The topological polar surface area (TPSA) is 58.0 Å². The van der Waals surface area contributed by atoms with E-state index in [-0.39, 0.29) is 12.1 Å². The first-order valence-corrected chi connectivity index (χ1v) is 4.95. The van der Waals surface area contributed by atoms with Crippen molar-refractivity contribution in [3.05, 3.63) is 24.3 Å². The SMILES string of the molecule is CC(NC1CC(O)C1)c1cnccn1. The minimum Gasteiger partial charge on any atom is -0.393 e. The van der Waals surface area contributed by atoms with Gasteiger partial charge in [-0.05, 0) is 19.8 Å². The number of hydrogen-bond donors (Lipinski definition) is 2. The average Bonchev–Trinajstić information content (AvgIpc) is 2.17. The van der Waals surface area contributed by atoms with Crippen molar-refractivity contribution >= 4 is 0 Å². The summed E-state index contributed by atoms with van der Waals surface area (Å²) in [6.07, 6.45) is 6.73. The molecule has 1 saturated carbocycles. The molecule has 1 aromatic heterocycles. The maximum absolute atomic E-state index is 9.13. The molecule has 2 rings (SSSR count). The first-order chi connectivity index (χ1) is 6.75. The largest absolute Gasteiger partial charge is 0.393 e. The van der Waals surface area contributed by atoms with Crippen LogP contribution in [0.15, 0.2) is 18.6 Å². The lowest BCUT2D eigenvalue weighted by Gasteiger charge is -2.34. The maximum Gasteiger partial charge on any atom is 0.0753 e. The van der Waals surface area contributed by atoms with Crippen molar-refractivity contribution in [1.29, 1.82) is 0 Å². The molecule has 1 atom stereocenters. The van der Waals surface area contributed by atoms with Crippen LogP contribution in [0.1, 0.15) is 31.5 Å². The van der Waals surface area contributed by atoms with E-state index < -0.39 is 0 Å². The van der Waals surface area contributed by atoms with Crippen LogP contribution in [-0.4, -0.2) is 27.2 Å². The van der Waals surface area contributed by atoms with Crippen molar-refractivity contribution < 1.29 is 5.11 Å². The molecule has 4 nitrogen and oxygen atoms in total. The van der Waals surface area contributed by atoms with Crippen LogP contribution in [0.4, 0.5) is 0 Å². The zero-order chi connectivity index (χ0) is 9.97. The van der Waals surface area contributed by atoms with E-state index in [1.54, 1.807) is 18.6 Å². The highest BCUT2D eigenvalue weighted by Gasteiger charge is 2.28. The second-order valence-corrected chi connectivity index (χ2v) is 3.84. The van der Waals surface area contributed by atoms with Crippen molar-refractivity contribution in [2.45, 2.75) is 38.0 Å². The molecule has 1 fully saturated rings. The van der Waals surface area contributed by atoms with Crippen LogP contribution in [0.2, 0.25) is 0 Å². The molecule has 14 heavy (non-hydrogen) atoms. The number of aromatic nitrogens is 2. The molecule has 76 valence electrons. The highest BCUT2D eigenvalue weighted by molar-refractivity contribution is 5.02. The van der Waals surface area contributed by atoms with Crippen LogP contribution in [-0.2, 0) is 0 Å². The molecule has 0 spiro atoms. The van der Waals surface area contributed by atoms with Gasteiger partial charge in [-0.1, -0.05) is 0 Å². The molecule has 1 aliphatic rings. The van der Waals surface area contributed by atoms with Gasteiger partial charge in [0.25, 0.3) is 0 Å². The fourth-order valence-corrected chi connectivity index (χ4v) is 1.70. The fourth-order valence-electron chi connectivity index (χ4n) is 1.70. The number of nitrogens with one attached hydrogen (secondary N) is 1. The molecular formula is C10H15N3O. The summed E-state index contributed by atoms with van der Waals surface area (Å²) >= 11 is 0. The van der Waals surface area contributed by atoms with Crippen LogP contribution in [0.5, 0.6) is 0 Å². The van der Waals surface area contributed by atoms with Crippen LogP contribution in [0, 0.1) is 0 Å². The van der Waals surface area contributed by atoms with Crippen LogP contribution in [0.25, 0.3) is 0 Å². The van der Waals surface area contributed by atoms with E-state index in [1.807, 2.05) is 0 Å². The van der Waals surface area contributed by atoms with Crippen LogP contribution in [0.3, 0.4) is 0 Å². The minimum atomic E-state index is -0.110. The molecule has 1 aliphatic carbocycles. The molecule has 0 amide bonds. The van der Waals surface area contributed by atoms with Crippen molar-refractivity contribution in [2.75, 3.05) is 0 Å². The van der Waals surface area contributed by atoms with Gasteiger partial charge in [0, 0.05) is 30.7 Å². The summed E-state index contributed by atoms with van der Waals surface area (Å²) in [5.41, 5.74) is 0.953. The predicted octanol–water partition coefficient (Wildman–Crippen LogP) is 0.651. The van der Waals surface area contributed by atoms with Gasteiger partial charge in [0.1, 0.15) is 0 Å². The summed E-state index contributed by atoms with van der Waals surface area (Å²) in [6, 6.07) is 0.642. The van der Waals surface area contributed by atoms with E-state index in [0.717, 1.165) is 18.5 Å². The highest BCUT2D eigenvalue weighted by atomic mass is 16.3. The average molecular weight is 193 g/mol. The first-order valence-electron chi connectivity index (χ1n) is 4.95. The van der Waals surface area contributed by atoms with Crippen molar-refractivity contribution in [2.24, 2.45) is 0 Å². The Hall–Kier alpha value is -1.00. The Balaban J connectivity index is 1.87. The Kier molecular flexibility index (Phi) is 2.74. The van der Waals surface area contributed by atoms with Crippen LogP contribution >= 0.6 is 0 Å². The molecule has 0 bridgehead atoms. The van der Waals surface area contributed by atoms with Gasteiger partial charge in [-0.25, -0.2) is 0 Å². The number of rotatable bonds is 3. The second-order valence-electron chi connectivity index (χ2n) is 3.84. The van der Waals surface area contributed by atoms with Gasteiger partial charge in [0.2, 0.25) is 0 Å². The fraction of sp³-hybridized carbons (Fsp3) is 0.600. The molecule has 2 N–H and O–H groups in total. The zero-order valence-corrected chi connectivity index (χ0v) is 8.22. The third-order valence-electron chi connectivity index (χ3n) is 2.63. The van der Waals surface area contributed by atoms with Gasteiger partial charge < -0.3 is 10.4 Å². The Morgan fingerprint density at radius 1 is 1.50 bits per heavy atom. The number of aliphatic hydroxyl groups is 1. The van der Waals surface area contributed by atoms with Crippen molar-refractivity contribution in [1.82, 2.24) is 15.3 Å². The van der Waals surface area contributed by atoms with E-state index in [1.165, 1.54) is 0 Å². The van der Waals surface area contributed by atoms with Gasteiger partial charge in [-0.3, -0.25) is 9.97 Å². The quantitative estimate of drug-likeness (QED) is 0.740. The molecule has 1 unspecified atom stereocenters. The molecule has 1 aromatic rings. The van der Waals surface area contributed by atoms with Crippen molar-refractivity contribution in [3.8, 4) is 0 Å². The molecule has 0 saturated heterocycles. The zero-order valence-electron chi connectivity index (χ0n) is 8.22. The normalized spacial score (nSPS) is 28.1. The van der Waals surface area contributed by atoms with E-state index in [9.17, 15) is 0 Å². The third kappa shape index (κ3) is 2.08. The number of aliphatic hydroxyl groups excluding tert-OH is 1. The molecular weight excluding hydrogens is 178 g/mol. The number of hydrogen-bond acceptors (Lipinski definition) is 4. The van der Waals surface area contributed by atoms with E-state index in [2.05, 4.69) is 22.2 Å². The van der Waals surface area contributed by atoms with Crippen LogP contribution < -0.4 is 5.32 Å². The highest BCUT2D eigenvalue weighted by Crippen LogP contribution is 2.22. The second kappa shape index (κ2) is 4.02. The van der Waals surface area contributed by atoms with Gasteiger partial charge in [0.15, 0.2) is 0 Å². The number of nitrogens with zero attached hydrogens (tertiary/aromatic N) is 2. The molecule has 0 radical (unpaired) electrons. The summed E-state index contributed by atoms with van der Waals surface area (Å²) in [4.78, 5) is 8.24. The third-order valence-corrected chi connectivity index (χ3v) is 2.63.